The summed E-state index contributed by atoms with van der Waals surface area (Å²) < 4.78 is 2.05. The van der Waals surface area contributed by atoms with Gasteiger partial charge in [0, 0.05) is 35.1 Å². The first-order valence-corrected chi connectivity index (χ1v) is 9.75. The minimum absolute atomic E-state index is 0.0488. The minimum atomic E-state index is -0.0488. The highest BCUT2D eigenvalue weighted by Gasteiger charge is 2.13. The fourth-order valence-electron chi connectivity index (χ4n) is 3.27. The molecule has 0 saturated carbocycles. The molecule has 0 bridgehead atoms. The zero-order chi connectivity index (χ0) is 19.0. The normalized spacial score (nSPS) is 11.1. The third-order valence-electron chi connectivity index (χ3n) is 4.88. The number of benzene rings is 2. The number of rotatable bonds is 4. The van der Waals surface area contributed by atoms with Gasteiger partial charge >= 0.3 is 0 Å². The van der Waals surface area contributed by atoms with Crippen LogP contribution in [0.1, 0.15) is 16.7 Å². The number of carbonyl (C=O) groups is 1. The van der Waals surface area contributed by atoms with Crippen LogP contribution in [-0.2, 0) is 18.3 Å². The predicted molar refractivity (Wildman–Crippen MR) is 112 cm³/mol. The van der Waals surface area contributed by atoms with E-state index >= 15 is 0 Å². The van der Waals surface area contributed by atoms with Crippen LogP contribution in [0.15, 0.2) is 54.0 Å². The van der Waals surface area contributed by atoms with Gasteiger partial charge in [-0.2, -0.15) is 0 Å². The zero-order valence-electron chi connectivity index (χ0n) is 15.6. The van der Waals surface area contributed by atoms with Gasteiger partial charge in [-0.05, 0) is 42.7 Å². The van der Waals surface area contributed by atoms with E-state index in [-0.39, 0.29) is 5.91 Å². The molecule has 4 nitrogen and oxygen atoms in total. The number of hydrogen-bond donors (Lipinski definition) is 1. The van der Waals surface area contributed by atoms with E-state index in [1.165, 1.54) is 22.5 Å². The molecule has 0 saturated heterocycles. The second kappa shape index (κ2) is 7.00. The Labute approximate surface area is 162 Å². The Bertz CT molecular complexity index is 1140. The maximum absolute atomic E-state index is 12.5. The van der Waals surface area contributed by atoms with Crippen LogP contribution in [0.4, 0.5) is 5.13 Å². The van der Waals surface area contributed by atoms with E-state index in [9.17, 15) is 4.79 Å². The van der Waals surface area contributed by atoms with Crippen molar-refractivity contribution in [3.05, 3.63) is 70.7 Å². The molecule has 0 aliphatic carbocycles. The molecule has 5 heteroatoms. The van der Waals surface area contributed by atoms with Crippen LogP contribution in [0, 0.1) is 13.8 Å². The number of nitrogens with one attached hydrogen (secondary N) is 1. The van der Waals surface area contributed by atoms with E-state index in [1.54, 1.807) is 0 Å². The molecule has 1 N–H and O–H groups in total. The molecule has 4 rings (SSSR count). The Balaban J connectivity index is 1.50. The molecule has 0 fully saturated rings. The largest absolute Gasteiger partial charge is 0.350 e. The Morgan fingerprint density at radius 1 is 1.15 bits per heavy atom. The molecule has 1 amide bonds. The molecule has 0 spiro atoms. The van der Waals surface area contributed by atoms with Gasteiger partial charge in [-0.3, -0.25) is 4.79 Å². The lowest BCUT2D eigenvalue weighted by molar-refractivity contribution is -0.115. The number of aryl methyl sites for hydroxylation is 3. The van der Waals surface area contributed by atoms with Gasteiger partial charge in [0.2, 0.25) is 5.91 Å². The quantitative estimate of drug-likeness (QED) is 0.539. The van der Waals surface area contributed by atoms with Crippen LogP contribution in [0.25, 0.3) is 22.2 Å². The van der Waals surface area contributed by atoms with Crippen molar-refractivity contribution in [3.8, 4) is 11.3 Å². The average molecular weight is 375 g/mol. The number of thiazole rings is 1. The van der Waals surface area contributed by atoms with Gasteiger partial charge in [0.25, 0.3) is 0 Å². The number of nitrogens with zero attached hydrogens (tertiary/aromatic N) is 2. The Morgan fingerprint density at radius 3 is 2.78 bits per heavy atom. The third-order valence-corrected chi connectivity index (χ3v) is 5.64. The lowest BCUT2D eigenvalue weighted by atomic mass is 10.1. The summed E-state index contributed by atoms with van der Waals surface area (Å²) in [5, 5.41) is 6.67. The topological polar surface area (TPSA) is 46.9 Å². The van der Waals surface area contributed by atoms with Crippen molar-refractivity contribution in [1.82, 2.24) is 9.55 Å². The lowest BCUT2D eigenvalue weighted by Crippen LogP contribution is -2.14. The maximum Gasteiger partial charge on any atom is 0.230 e. The molecule has 136 valence electrons. The summed E-state index contributed by atoms with van der Waals surface area (Å²) >= 11 is 1.45. The van der Waals surface area contributed by atoms with Crippen molar-refractivity contribution < 1.29 is 4.79 Å². The summed E-state index contributed by atoms with van der Waals surface area (Å²) in [4.78, 5) is 17.1. The van der Waals surface area contributed by atoms with Crippen LogP contribution in [-0.4, -0.2) is 15.5 Å². The van der Waals surface area contributed by atoms with Gasteiger partial charge in [0.1, 0.15) is 0 Å². The van der Waals surface area contributed by atoms with E-state index in [4.69, 9.17) is 0 Å². The Morgan fingerprint density at radius 2 is 1.96 bits per heavy atom. The van der Waals surface area contributed by atoms with Crippen molar-refractivity contribution in [1.29, 1.82) is 0 Å². The molecule has 0 radical (unpaired) electrons. The molecular formula is C22H21N3OS. The SMILES string of the molecule is Cc1ccc(-c2csc(NC(=O)Cc3cn(C)c4ccccc34)n2)cc1C. The first-order valence-electron chi connectivity index (χ1n) is 8.87. The summed E-state index contributed by atoms with van der Waals surface area (Å²) in [6.07, 6.45) is 2.35. The van der Waals surface area contributed by atoms with E-state index in [2.05, 4.69) is 59.0 Å². The number of amides is 1. The molecule has 0 unspecified atom stereocenters. The molecule has 2 aromatic heterocycles. The van der Waals surface area contributed by atoms with Crippen LogP contribution < -0.4 is 5.32 Å². The average Bonchev–Trinajstić information content (AvgIpc) is 3.23. The predicted octanol–water partition coefficient (Wildman–Crippen LogP) is 5.10. The summed E-state index contributed by atoms with van der Waals surface area (Å²) in [5.74, 6) is -0.0488. The Hall–Kier alpha value is -2.92. The van der Waals surface area contributed by atoms with Crippen molar-refractivity contribution >= 4 is 33.3 Å². The fourth-order valence-corrected chi connectivity index (χ4v) is 4.00. The van der Waals surface area contributed by atoms with Gasteiger partial charge in [0.15, 0.2) is 5.13 Å². The van der Waals surface area contributed by atoms with Crippen LogP contribution in [0.3, 0.4) is 0 Å². The second-order valence-electron chi connectivity index (χ2n) is 6.84. The fraction of sp³-hybridized carbons (Fsp3) is 0.182. The summed E-state index contributed by atoms with van der Waals surface area (Å²) in [6.45, 7) is 4.19. The van der Waals surface area contributed by atoms with Crippen molar-refractivity contribution in [2.45, 2.75) is 20.3 Å². The highest BCUT2D eigenvalue weighted by molar-refractivity contribution is 7.14. The molecule has 27 heavy (non-hydrogen) atoms. The number of carbonyl (C=O) groups excluding carboxylic acids is 1. The molecule has 2 heterocycles. The summed E-state index contributed by atoms with van der Waals surface area (Å²) in [5.41, 5.74) is 6.62. The summed E-state index contributed by atoms with van der Waals surface area (Å²) in [6, 6.07) is 14.4. The Kier molecular flexibility index (Phi) is 4.54. The second-order valence-corrected chi connectivity index (χ2v) is 7.70. The molecule has 4 aromatic rings. The monoisotopic (exact) mass is 375 g/mol. The zero-order valence-corrected chi connectivity index (χ0v) is 16.4. The molecule has 0 atom stereocenters. The van der Waals surface area contributed by atoms with Gasteiger partial charge in [-0.25, -0.2) is 4.98 Å². The standard InChI is InChI=1S/C22H21N3OS/c1-14-8-9-16(10-15(14)2)19-13-27-22(23-19)24-21(26)11-17-12-25(3)20-7-5-4-6-18(17)20/h4-10,12-13H,11H2,1-3H3,(H,23,24,26). The highest BCUT2D eigenvalue weighted by atomic mass is 32.1. The van der Waals surface area contributed by atoms with E-state index < -0.39 is 0 Å². The van der Waals surface area contributed by atoms with Gasteiger partial charge < -0.3 is 9.88 Å². The molecule has 0 aliphatic heterocycles. The van der Waals surface area contributed by atoms with Crippen LogP contribution in [0.5, 0.6) is 0 Å². The maximum atomic E-state index is 12.5. The number of para-hydroxylation sites is 1. The summed E-state index contributed by atoms with van der Waals surface area (Å²) in [7, 11) is 2.00. The first-order chi connectivity index (χ1) is 13.0. The van der Waals surface area contributed by atoms with Crippen LogP contribution in [0.2, 0.25) is 0 Å². The third kappa shape index (κ3) is 3.51. The number of anilines is 1. The van der Waals surface area contributed by atoms with Crippen molar-refractivity contribution in [2.24, 2.45) is 7.05 Å². The van der Waals surface area contributed by atoms with Crippen LogP contribution >= 0.6 is 11.3 Å². The smallest absolute Gasteiger partial charge is 0.230 e. The van der Waals surface area contributed by atoms with Crippen molar-refractivity contribution in [2.75, 3.05) is 5.32 Å². The van der Waals surface area contributed by atoms with Gasteiger partial charge in [0.05, 0.1) is 12.1 Å². The minimum Gasteiger partial charge on any atom is -0.350 e. The van der Waals surface area contributed by atoms with Gasteiger partial charge in [-0.1, -0.05) is 30.3 Å². The van der Waals surface area contributed by atoms with E-state index in [0.717, 1.165) is 27.7 Å². The molecule has 2 aromatic carbocycles. The number of hydrogen-bond acceptors (Lipinski definition) is 3. The van der Waals surface area contributed by atoms with E-state index in [0.29, 0.717) is 11.6 Å². The lowest BCUT2D eigenvalue weighted by Gasteiger charge is -2.03. The molecule has 0 aliphatic rings. The first kappa shape index (κ1) is 17.5. The highest BCUT2D eigenvalue weighted by Crippen LogP contribution is 2.27. The number of fused-ring (bicyclic) bond motifs is 1. The van der Waals surface area contributed by atoms with E-state index in [1.807, 2.05) is 30.8 Å². The van der Waals surface area contributed by atoms with Crippen molar-refractivity contribution in [3.63, 3.8) is 0 Å². The van der Waals surface area contributed by atoms with Gasteiger partial charge in [-0.15, -0.1) is 11.3 Å². The number of aromatic nitrogens is 2. The molecular weight excluding hydrogens is 354 g/mol.